The van der Waals surface area contributed by atoms with Crippen LogP contribution in [-0.2, 0) is 4.74 Å². The molecular weight excluding hydrogens is 322 g/mol. The molecule has 1 fully saturated rings. The number of rotatable bonds is 6. The maximum absolute atomic E-state index is 12.0. The molecule has 1 atom stereocenters. The van der Waals surface area contributed by atoms with Crippen LogP contribution in [0.3, 0.4) is 0 Å². The first kappa shape index (κ1) is 17.8. The highest BCUT2D eigenvalue weighted by molar-refractivity contribution is 5.89. The average Bonchev–Trinajstić information content (AvgIpc) is 2.96. The lowest BCUT2D eigenvalue weighted by Crippen LogP contribution is -2.38. The van der Waals surface area contributed by atoms with Crippen molar-refractivity contribution in [3.05, 3.63) is 18.2 Å². The third kappa shape index (κ3) is 4.76. The smallest absolute Gasteiger partial charge is 0.319 e. The summed E-state index contributed by atoms with van der Waals surface area (Å²) in [6, 6.07) is 5.23. The molecule has 0 aliphatic carbocycles. The lowest BCUT2D eigenvalue weighted by molar-refractivity contribution is -0.0640. The molecule has 25 heavy (non-hydrogen) atoms. The molecule has 1 saturated heterocycles. The normalized spacial score (nSPS) is 22.6. The molecular formula is C18H27N3O4. The van der Waals surface area contributed by atoms with Crippen LogP contribution in [-0.4, -0.2) is 56.1 Å². The minimum absolute atomic E-state index is 0.209. The van der Waals surface area contributed by atoms with E-state index in [2.05, 4.69) is 15.5 Å². The van der Waals surface area contributed by atoms with E-state index in [-0.39, 0.29) is 6.03 Å². The molecule has 0 saturated carbocycles. The Kier molecular flexibility index (Phi) is 5.65. The van der Waals surface area contributed by atoms with Gasteiger partial charge in [-0.2, -0.15) is 0 Å². The molecule has 7 heteroatoms. The van der Waals surface area contributed by atoms with E-state index in [1.54, 1.807) is 6.07 Å². The van der Waals surface area contributed by atoms with Gasteiger partial charge in [-0.25, -0.2) is 4.79 Å². The molecule has 0 radical (unpaired) electrons. The van der Waals surface area contributed by atoms with Gasteiger partial charge in [0, 0.05) is 44.7 Å². The van der Waals surface area contributed by atoms with E-state index >= 15 is 0 Å². The molecule has 1 aromatic rings. The number of carbonyl (C=O) groups excluding carboxylic acids is 1. The van der Waals surface area contributed by atoms with Gasteiger partial charge in [-0.05, 0) is 25.1 Å². The summed E-state index contributed by atoms with van der Waals surface area (Å²) in [5.74, 6) is 0.748. The molecule has 2 N–H and O–H groups in total. The minimum Gasteiger partial charge on any atom is -0.449 e. The number of hydrogen-bond acceptors (Lipinski definition) is 5. The van der Waals surface area contributed by atoms with Crippen LogP contribution in [0.25, 0.3) is 0 Å². The highest BCUT2D eigenvalue weighted by atomic mass is 16.7. The molecule has 3 rings (SSSR count). The van der Waals surface area contributed by atoms with Crippen LogP contribution in [0.2, 0.25) is 0 Å². The van der Waals surface area contributed by atoms with Crippen molar-refractivity contribution in [1.29, 1.82) is 0 Å². The molecule has 138 valence electrons. The number of nitrogens with zero attached hydrogens (tertiary/aromatic N) is 1. The minimum atomic E-state index is -0.622. The standard InChI is InChI=1S/C18H27N3O4/c1-3-18(2)24-15-6-5-14(13-16(15)25-18)20-17(22)19-7-4-8-21-9-11-23-12-10-21/h5-6,13H,3-4,7-12H2,1-2H3,(H2,19,20,22)/t18-/m0/s1. The largest absolute Gasteiger partial charge is 0.449 e. The van der Waals surface area contributed by atoms with Gasteiger partial charge in [0.2, 0.25) is 5.79 Å². The Bertz CT molecular complexity index is 604. The Hall–Kier alpha value is -1.99. The summed E-state index contributed by atoms with van der Waals surface area (Å²) in [7, 11) is 0. The average molecular weight is 349 g/mol. The molecule has 7 nitrogen and oxygen atoms in total. The van der Waals surface area contributed by atoms with Crippen molar-refractivity contribution in [2.45, 2.75) is 32.5 Å². The summed E-state index contributed by atoms with van der Waals surface area (Å²) in [4.78, 5) is 14.4. The van der Waals surface area contributed by atoms with Gasteiger partial charge in [0.1, 0.15) is 0 Å². The van der Waals surface area contributed by atoms with Crippen LogP contribution >= 0.6 is 0 Å². The van der Waals surface area contributed by atoms with Gasteiger partial charge in [0.15, 0.2) is 11.5 Å². The SMILES string of the molecule is CC[C@@]1(C)Oc2ccc(NC(=O)NCCCN3CCOCC3)cc2O1. The molecule has 0 bridgehead atoms. The number of nitrogens with one attached hydrogen (secondary N) is 2. The van der Waals surface area contributed by atoms with Crippen LogP contribution in [0.15, 0.2) is 18.2 Å². The lowest BCUT2D eigenvalue weighted by Gasteiger charge is -2.26. The number of amides is 2. The Morgan fingerprint density at radius 3 is 2.76 bits per heavy atom. The fraction of sp³-hybridized carbons (Fsp3) is 0.611. The fourth-order valence-electron chi connectivity index (χ4n) is 2.88. The number of morpholine rings is 1. The van der Waals surface area contributed by atoms with Gasteiger partial charge in [0.05, 0.1) is 13.2 Å². The zero-order chi connectivity index (χ0) is 17.7. The van der Waals surface area contributed by atoms with Gasteiger partial charge >= 0.3 is 6.03 Å². The highest BCUT2D eigenvalue weighted by Gasteiger charge is 2.34. The Morgan fingerprint density at radius 1 is 1.24 bits per heavy atom. The summed E-state index contributed by atoms with van der Waals surface area (Å²) >= 11 is 0. The maximum Gasteiger partial charge on any atom is 0.319 e. The molecule has 2 amide bonds. The van der Waals surface area contributed by atoms with Crippen molar-refractivity contribution in [1.82, 2.24) is 10.2 Å². The summed E-state index contributed by atoms with van der Waals surface area (Å²) in [6.45, 7) is 9.08. The Balaban J connectivity index is 1.41. The van der Waals surface area contributed by atoms with Crippen LogP contribution < -0.4 is 20.1 Å². The molecule has 2 aliphatic heterocycles. The van der Waals surface area contributed by atoms with E-state index in [9.17, 15) is 4.79 Å². The summed E-state index contributed by atoms with van der Waals surface area (Å²) in [6.07, 6.45) is 1.66. The monoisotopic (exact) mass is 349 g/mol. The van der Waals surface area contributed by atoms with Crippen molar-refractivity contribution < 1.29 is 19.0 Å². The number of fused-ring (bicyclic) bond motifs is 1. The van der Waals surface area contributed by atoms with Crippen LogP contribution in [0, 0.1) is 0 Å². The number of carbonyl (C=O) groups is 1. The van der Waals surface area contributed by atoms with E-state index in [1.165, 1.54) is 0 Å². The fourth-order valence-corrected chi connectivity index (χ4v) is 2.88. The molecule has 0 aromatic heterocycles. The highest BCUT2D eigenvalue weighted by Crippen LogP contribution is 2.41. The number of urea groups is 1. The van der Waals surface area contributed by atoms with Crippen molar-refractivity contribution in [3.63, 3.8) is 0 Å². The number of hydrogen-bond donors (Lipinski definition) is 2. The summed E-state index contributed by atoms with van der Waals surface area (Å²) in [5, 5.41) is 5.72. The molecule has 0 unspecified atom stereocenters. The van der Waals surface area contributed by atoms with Gasteiger partial charge in [0.25, 0.3) is 0 Å². The first-order chi connectivity index (χ1) is 12.1. The van der Waals surface area contributed by atoms with E-state index in [1.807, 2.05) is 26.0 Å². The van der Waals surface area contributed by atoms with Gasteiger partial charge < -0.3 is 24.8 Å². The summed E-state index contributed by atoms with van der Waals surface area (Å²) in [5.41, 5.74) is 0.688. The number of ether oxygens (including phenoxy) is 3. The molecule has 2 heterocycles. The third-order valence-electron chi connectivity index (χ3n) is 4.54. The number of benzene rings is 1. The first-order valence-electron chi connectivity index (χ1n) is 8.95. The predicted molar refractivity (Wildman–Crippen MR) is 95.3 cm³/mol. The predicted octanol–water partition coefficient (Wildman–Crippen LogP) is 2.43. The second-order valence-corrected chi connectivity index (χ2v) is 6.54. The maximum atomic E-state index is 12.0. The summed E-state index contributed by atoms with van der Waals surface area (Å²) < 4.78 is 16.9. The lowest BCUT2D eigenvalue weighted by atomic mass is 10.2. The van der Waals surface area contributed by atoms with Crippen LogP contribution in [0.1, 0.15) is 26.7 Å². The van der Waals surface area contributed by atoms with E-state index in [0.717, 1.165) is 45.7 Å². The van der Waals surface area contributed by atoms with Crippen molar-refractivity contribution >= 4 is 11.7 Å². The quantitative estimate of drug-likeness (QED) is 0.772. The third-order valence-corrected chi connectivity index (χ3v) is 4.54. The van der Waals surface area contributed by atoms with Crippen LogP contribution in [0.5, 0.6) is 11.5 Å². The zero-order valence-corrected chi connectivity index (χ0v) is 15.0. The topological polar surface area (TPSA) is 72.1 Å². The van der Waals surface area contributed by atoms with E-state index in [0.29, 0.717) is 23.7 Å². The van der Waals surface area contributed by atoms with Crippen molar-refractivity contribution in [2.24, 2.45) is 0 Å². The second-order valence-electron chi connectivity index (χ2n) is 6.54. The zero-order valence-electron chi connectivity index (χ0n) is 15.0. The first-order valence-corrected chi connectivity index (χ1v) is 8.95. The van der Waals surface area contributed by atoms with E-state index in [4.69, 9.17) is 14.2 Å². The van der Waals surface area contributed by atoms with E-state index < -0.39 is 5.79 Å². The van der Waals surface area contributed by atoms with Gasteiger partial charge in [-0.15, -0.1) is 0 Å². The van der Waals surface area contributed by atoms with Crippen molar-refractivity contribution in [3.8, 4) is 11.5 Å². The molecule has 0 spiro atoms. The van der Waals surface area contributed by atoms with Gasteiger partial charge in [-0.3, -0.25) is 4.90 Å². The van der Waals surface area contributed by atoms with Crippen molar-refractivity contribution in [2.75, 3.05) is 44.7 Å². The second kappa shape index (κ2) is 7.93. The Morgan fingerprint density at radius 2 is 2.00 bits per heavy atom. The molecule has 1 aromatic carbocycles. The Labute approximate surface area is 148 Å². The number of anilines is 1. The van der Waals surface area contributed by atoms with Crippen LogP contribution in [0.4, 0.5) is 10.5 Å². The van der Waals surface area contributed by atoms with Gasteiger partial charge in [-0.1, -0.05) is 6.92 Å². The molecule has 2 aliphatic rings.